The lowest BCUT2D eigenvalue weighted by molar-refractivity contribution is -0.136. The molecule has 1 heterocycles. The number of hydrogen-bond donors (Lipinski definition) is 1. The standard InChI is InChI=1S/C19H25NO2/c1-18(2)10-15-16-8-12-4-5-13(22-3)9-14(12)19(15,6-7-20-16)11-17(18)21/h4-5,9,15-16,20H,6-8,10-11H2,1-3H3/t15-,16+,19+/m0/s1. The van der Waals surface area contributed by atoms with Gasteiger partial charge in [0.25, 0.3) is 0 Å². The Kier molecular flexibility index (Phi) is 2.96. The van der Waals surface area contributed by atoms with Crippen molar-refractivity contribution in [3.8, 4) is 5.75 Å². The highest BCUT2D eigenvalue weighted by Crippen LogP contribution is 2.56. The van der Waals surface area contributed by atoms with Crippen LogP contribution in [-0.2, 0) is 16.6 Å². The maximum Gasteiger partial charge on any atom is 0.139 e. The highest BCUT2D eigenvalue weighted by Gasteiger charge is 2.57. The van der Waals surface area contributed by atoms with Gasteiger partial charge in [0.15, 0.2) is 0 Å². The third-order valence-electron chi connectivity index (χ3n) is 6.43. The molecule has 0 aromatic heterocycles. The fourth-order valence-electron chi connectivity index (χ4n) is 5.14. The van der Waals surface area contributed by atoms with Crippen LogP contribution >= 0.6 is 0 Å². The minimum Gasteiger partial charge on any atom is -0.497 e. The molecule has 3 aliphatic rings. The first kappa shape index (κ1) is 14.3. The molecular weight excluding hydrogens is 274 g/mol. The fourth-order valence-corrected chi connectivity index (χ4v) is 5.14. The highest BCUT2D eigenvalue weighted by atomic mass is 16.5. The first-order valence-corrected chi connectivity index (χ1v) is 8.40. The Hall–Kier alpha value is -1.35. The highest BCUT2D eigenvalue weighted by molar-refractivity contribution is 5.87. The van der Waals surface area contributed by atoms with Gasteiger partial charge in [-0.05, 0) is 55.0 Å². The Bertz CT molecular complexity index is 636. The molecule has 0 unspecified atom stereocenters. The number of rotatable bonds is 1. The molecule has 3 heteroatoms. The second kappa shape index (κ2) is 4.58. The second-order valence-corrected chi connectivity index (χ2v) is 7.99. The number of nitrogens with one attached hydrogen (secondary N) is 1. The summed E-state index contributed by atoms with van der Waals surface area (Å²) in [5.41, 5.74) is 2.65. The van der Waals surface area contributed by atoms with E-state index in [9.17, 15) is 4.79 Å². The molecular formula is C19H25NO2. The summed E-state index contributed by atoms with van der Waals surface area (Å²) in [6.45, 7) is 5.27. The van der Waals surface area contributed by atoms with Crippen molar-refractivity contribution in [2.45, 2.75) is 51.0 Å². The van der Waals surface area contributed by atoms with Crippen molar-refractivity contribution in [3.63, 3.8) is 0 Å². The van der Waals surface area contributed by atoms with E-state index in [1.165, 1.54) is 11.1 Å². The molecule has 3 nitrogen and oxygen atoms in total. The number of methoxy groups -OCH3 is 1. The lowest BCUT2D eigenvalue weighted by Gasteiger charge is -2.58. The number of fused-ring (bicyclic) bond motifs is 1. The minimum atomic E-state index is -0.179. The van der Waals surface area contributed by atoms with Gasteiger partial charge in [0.1, 0.15) is 11.5 Å². The van der Waals surface area contributed by atoms with Gasteiger partial charge in [-0.25, -0.2) is 0 Å². The zero-order valence-corrected chi connectivity index (χ0v) is 13.7. The van der Waals surface area contributed by atoms with Crippen LogP contribution < -0.4 is 10.1 Å². The van der Waals surface area contributed by atoms with Crippen LogP contribution in [-0.4, -0.2) is 25.5 Å². The maximum absolute atomic E-state index is 12.8. The molecule has 1 aliphatic heterocycles. The maximum atomic E-state index is 12.8. The first-order chi connectivity index (χ1) is 10.5. The van der Waals surface area contributed by atoms with Crippen LogP contribution in [0.5, 0.6) is 5.75 Å². The van der Waals surface area contributed by atoms with Crippen molar-refractivity contribution in [1.29, 1.82) is 0 Å². The van der Waals surface area contributed by atoms with E-state index in [0.29, 0.717) is 24.2 Å². The van der Waals surface area contributed by atoms with Gasteiger partial charge < -0.3 is 10.1 Å². The molecule has 1 saturated carbocycles. The smallest absolute Gasteiger partial charge is 0.139 e. The van der Waals surface area contributed by atoms with E-state index in [1.54, 1.807) is 7.11 Å². The molecule has 1 N–H and O–H groups in total. The van der Waals surface area contributed by atoms with Gasteiger partial charge in [-0.3, -0.25) is 4.79 Å². The van der Waals surface area contributed by atoms with Crippen molar-refractivity contribution >= 4 is 5.78 Å². The molecule has 4 rings (SSSR count). The molecule has 0 spiro atoms. The summed E-state index contributed by atoms with van der Waals surface area (Å²) in [7, 11) is 1.72. The van der Waals surface area contributed by atoms with Gasteiger partial charge in [-0.2, -0.15) is 0 Å². The molecule has 1 aromatic carbocycles. The van der Waals surface area contributed by atoms with Crippen LogP contribution in [0.1, 0.15) is 44.2 Å². The van der Waals surface area contributed by atoms with E-state index in [4.69, 9.17) is 4.74 Å². The summed E-state index contributed by atoms with van der Waals surface area (Å²) < 4.78 is 5.46. The monoisotopic (exact) mass is 299 g/mol. The van der Waals surface area contributed by atoms with Crippen molar-refractivity contribution in [2.75, 3.05) is 13.7 Å². The van der Waals surface area contributed by atoms with Gasteiger partial charge in [-0.15, -0.1) is 0 Å². The van der Waals surface area contributed by atoms with E-state index in [0.717, 1.165) is 31.6 Å². The molecule has 1 aromatic rings. The van der Waals surface area contributed by atoms with E-state index < -0.39 is 0 Å². The summed E-state index contributed by atoms with van der Waals surface area (Å²) in [4.78, 5) is 12.8. The third kappa shape index (κ3) is 1.81. The number of benzene rings is 1. The van der Waals surface area contributed by atoms with Crippen LogP contribution in [0.3, 0.4) is 0 Å². The third-order valence-corrected chi connectivity index (χ3v) is 6.43. The number of Topliss-reactive ketones (excluding diaryl/α,β-unsaturated/α-hetero) is 1. The lowest BCUT2D eigenvalue weighted by atomic mass is 9.48. The molecule has 22 heavy (non-hydrogen) atoms. The molecule has 0 amide bonds. The molecule has 0 radical (unpaired) electrons. The molecule has 1 saturated heterocycles. The van der Waals surface area contributed by atoms with Crippen molar-refractivity contribution in [2.24, 2.45) is 11.3 Å². The predicted molar refractivity (Wildman–Crippen MR) is 86.3 cm³/mol. The number of hydrogen-bond acceptors (Lipinski definition) is 3. The van der Waals surface area contributed by atoms with Crippen LogP contribution in [0, 0.1) is 11.3 Å². The van der Waals surface area contributed by atoms with Gasteiger partial charge >= 0.3 is 0 Å². The Morgan fingerprint density at radius 3 is 2.91 bits per heavy atom. The summed E-state index contributed by atoms with van der Waals surface area (Å²) in [5.74, 6) is 1.91. The average molecular weight is 299 g/mol. The minimum absolute atomic E-state index is 0.0324. The lowest BCUT2D eigenvalue weighted by Crippen LogP contribution is -2.63. The number of carbonyl (C=O) groups excluding carboxylic acids is 1. The predicted octanol–water partition coefficient (Wildman–Crippen LogP) is 2.86. The van der Waals surface area contributed by atoms with Crippen LogP contribution in [0.15, 0.2) is 18.2 Å². The van der Waals surface area contributed by atoms with E-state index in [2.05, 4.69) is 37.4 Å². The quantitative estimate of drug-likeness (QED) is 0.866. The van der Waals surface area contributed by atoms with E-state index in [-0.39, 0.29) is 10.8 Å². The Morgan fingerprint density at radius 1 is 1.32 bits per heavy atom. The van der Waals surface area contributed by atoms with E-state index in [1.807, 2.05) is 0 Å². The van der Waals surface area contributed by atoms with Crippen LogP contribution in [0.25, 0.3) is 0 Å². The zero-order chi connectivity index (χ0) is 15.5. The topological polar surface area (TPSA) is 38.3 Å². The molecule has 2 aliphatic carbocycles. The number of ether oxygens (including phenoxy) is 1. The van der Waals surface area contributed by atoms with Crippen molar-refractivity contribution in [1.82, 2.24) is 5.32 Å². The first-order valence-electron chi connectivity index (χ1n) is 8.40. The normalized spacial score (nSPS) is 35.5. The molecule has 2 fully saturated rings. The Balaban J connectivity index is 1.88. The largest absolute Gasteiger partial charge is 0.497 e. The van der Waals surface area contributed by atoms with E-state index >= 15 is 0 Å². The van der Waals surface area contributed by atoms with Gasteiger partial charge in [-0.1, -0.05) is 19.9 Å². The number of piperidine rings is 1. The molecule has 118 valence electrons. The summed E-state index contributed by atoms with van der Waals surface area (Å²) >= 11 is 0. The zero-order valence-electron chi connectivity index (χ0n) is 13.7. The Morgan fingerprint density at radius 2 is 2.14 bits per heavy atom. The average Bonchev–Trinajstić information content (AvgIpc) is 2.48. The van der Waals surface area contributed by atoms with Crippen molar-refractivity contribution < 1.29 is 9.53 Å². The van der Waals surface area contributed by atoms with Gasteiger partial charge in [0.05, 0.1) is 7.11 Å². The number of carbonyl (C=O) groups is 1. The molecule has 3 atom stereocenters. The second-order valence-electron chi connectivity index (χ2n) is 7.99. The number of ketones is 1. The van der Waals surface area contributed by atoms with Crippen LogP contribution in [0.2, 0.25) is 0 Å². The Labute approximate surface area is 132 Å². The van der Waals surface area contributed by atoms with Gasteiger partial charge in [0.2, 0.25) is 0 Å². The van der Waals surface area contributed by atoms with Gasteiger partial charge in [0, 0.05) is 23.3 Å². The SMILES string of the molecule is COc1ccc2c(c1)[C@]13CCN[C@H](C2)[C@@H]1CC(C)(C)C(=O)C3. The molecule has 2 bridgehead atoms. The summed E-state index contributed by atoms with van der Waals surface area (Å²) in [6, 6.07) is 6.98. The summed E-state index contributed by atoms with van der Waals surface area (Å²) in [6.07, 6.45) is 3.84. The van der Waals surface area contributed by atoms with Crippen LogP contribution in [0.4, 0.5) is 0 Å². The summed E-state index contributed by atoms with van der Waals surface area (Å²) in [5, 5.41) is 3.72. The van der Waals surface area contributed by atoms with Crippen molar-refractivity contribution in [3.05, 3.63) is 29.3 Å². The fraction of sp³-hybridized carbons (Fsp3) is 0.632.